The molecule has 0 saturated heterocycles. The predicted molar refractivity (Wildman–Crippen MR) is 116 cm³/mol. The molecule has 4 aromatic rings. The molecule has 0 fully saturated rings. The minimum Gasteiger partial charge on any atom is -0.467 e. The summed E-state index contributed by atoms with van der Waals surface area (Å²) in [4.78, 5) is 12.8. The number of fused-ring (bicyclic) bond motifs is 1. The van der Waals surface area contributed by atoms with Gasteiger partial charge in [-0.3, -0.25) is 4.79 Å². The quantitative estimate of drug-likeness (QED) is 0.462. The zero-order valence-electron chi connectivity index (χ0n) is 16.9. The van der Waals surface area contributed by atoms with E-state index >= 15 is 0 Å². The first-order valence-electron chi connectivity index (χ1n) is 10.1. The lowest BCUT2D eigenvalue weighted by Gasteiger charge is -2.18. The fourth-order valence-corrected chi connectivity index (χ4v) is 3.97. The highest BCUT2D eigenvalue weighted by atomic mass is 16.3. The number of carbonyl (C=O) groups excluding carboxylic acids is 1. The number of aryl methyl sites for hydroxylation is 2. The maximum Gasteiger partial charge on any atom is 0.221 e. The summed E-state index contributed by atoms with van der Waals surface area (Å²) < 4.78 is 7.59. The van der Waals surface area contributed by atoms with E-state index < -0.39 is 0 Å². The third-order valence-electron chi connectivity index (χ3n) is 5.41. The molecule has 29 heavy (non-hydrogen) atoms. The summed E-state index contributed by atoms with van der Waals surface area (Å²) in [5, 5.41) is 4.21. The van der Waals surface area contributed by atoms with Gasteiger partial charge in [-0.1, -0.05) is 48.0 Å². The summed E-state index contributed by atoms with van der Waals surface area (Å²) in [5.74, 6) is 0.762. The smallest absolute Gasteiger partial charge is 0.221 e. The number of amides is 1. The summed E-state index contributed by atoms with van der Waals surface area (Å²) in [6.45, 7) is 5.54. The van der Waals surface area contributed by atoms with Gasteiger partial charge in [-0.25, -0.2) is 0 Å². The second kappa shape index (κ2) is 8.39. The van der Waals surface area contributed by atoms with Gasteiger partial charge in [-0.05, 0) is 43.2 Å². The van der Waals surface area contributed by atoms with Crippen LogP contribution in [-0.2, 0) is 17.9 Å². The molecule has 1 atom stereocenters. The molecule has 0 bridgehead atoms. The van der Waals surface area contributed by atoms with Gasteiger partial charge in [0, 0.05) is 36.0 Å². The molecule has 0 spiro atoms. The maximum atomic E-state index is 12.8. The number of aromatic nitrogens is 1. The Morgan fingerprint density at radius 1 is 1.10 bits per heavy atom. The molecular weight excluding hydrogens is 360 g/mol. The summed E-state index contributed by atoms with van der Waals surface area (Å²) in [5.41, 5.74) is 4.76. The van der Waals surface area contributed by atoms with Crippen LogP contribution < -0.4 is 5.32 Å². The molecule has 1 amide bonds. The predicted octanol–water partition coefficient (Wildman–Crippen LogP) is 5.40. The topological polar surface area (TPSA) is 47.2 Å². The minimum atomic E-state index is -0.01000. The number of hydrogen-bond acceptors (Lipinski definition) is 2. The van der Waals surface area contributed by atoms with Gasteiger partial charge in [-0.2, -0.15) is 0 Å². The lowest BCUT2D eigenvalue weighted by atomic mass is 9.87. The van der Waals surface area contributed by atoms with Crippen molar-refractivity contribution in [3.63, 3.8) is 0 Å². The lowest BCUT2D eigenvalue weighted by molar-refractivity contribution is -0.121. The van der Waals surface area contributed by atoms with Crippen LogP contribution in [0, 0.1) is 6.92 Å². The van der Waals surface area contributed by atoms with Crippen LogP contribution in [0.4, 0.5) is 0 Å². The Bertz CT molecular complexity index is 1110. The first-order chi connectivity index (χ1) is 14.2. The van der Waals surface area contributed by atoms with Crippen LogP contribution in [0.15, 0.2) is 77.5 Å². The van der Waals surface area contributed by atoms with Gasteiger partial charge in [0.2, 0.25) is 5.91 Å². The summed E-state index contributed by atoms with van der Waals surface area (Å²) in [6.07, 6.45) is 4.22. The van der Waals surface area contributed by atoms with E-state index in [0.29, 0.717) is 13.0 Å². The Hall–Kier alpha value is -3.27. The van der Waals surface area contributed by atoms with Crippen molar-refractivity contribution in [2.75, 3.05) is 0 Å². The fraction of sp³-hybridized carbons (Fsp3) is 0.240. The van der Waals surface area contributed by atoms with E-state index in [1.54, 1.807) is 6.26 Å². The third-order valence-corrected chi connectivity index (χ3v) is 5.41. The van der Waals surface area contributed by atoms with E-state index in [4.69, 9.17) is 4.42 Å². The zero-order valence-corrected chi connectivity index (χ0v) is 16.9. The first kappa shape index (κ1) is 19.1. The van der Waals surface area contributed by atoms with Crippen molar-refractivity contribution >= 4 is 16.8 Å². The fourth-order valence-electron chi connectivity index (χ4n) is 3.97. The molecule has 0 aliphatic rings. The number of nitrogens with one attached hydrogen (secondary N) is 1. The van der Waals surface area contributed by atoms with Crippen molar-refractivity contribution in [1.82, 2.24) is 9.88 Å². The lowest BCUT2D eigenvalue weighted by Crippen LogP contribution is -2.24. The summed E-state index contributed by atoms with van der Waals surface area (Å²) in [6, 6.07) is 20.6. The van der Waals surface area contributed by atoms with Crippen molar-refractivity contribution in [2.45, 2.75) is 39.3 Å². The molecule has 2 aromatic carbocycles. The van der Waals surface area contributed by atoms with E-state index in [0.717, 1.165) is 17.9 Å². The second-order valence-electron chi connectivity index (χ2n) is 7.41. The molecule has 148 valence electrons. The Balaban J connectivity index is 1.69. The van der Waals surface area contributed by atoms with Crippen LogP contribution in [0.5, 0.6) is 0 Å². The Kier molecular flexibility index (Phi) is 5.52. The number of para-hydroxylation sites is 1. The first-order valence-corrected chi connectivity index (χ1v) is 10.1. The Labute approximate surface area is 171 Å². The summed E-state index contributed by atoms with van der Waals surface area (Å²) >= 11 is 0. The molecular formula is C25H26N2O2. The number of hydrogen-bond donors (Lipinski definition) is 1. The van der Waals surface area contributed by atoms with Gasteiger partial charge in [0.05, 0.1) is 12.8 Å². The van der Waals surface area contributed by atoms with Gasteiger partial charge in [0.25, 0.3) is 0 Å². The molecule has 4 rings (SSSR count). The van der Waals surface area contributed by atoms with Crippen LogP contribution in [0.2, 0.25) is 0 Å². The highest BCUT2D eigenvalue weighted by Crippen LogP contribution is 2.35. The molecule has 2 heterocycles. The zero-order chi connectivity index (χ0) is 20.2. The Morgan fingerprint density at radius 2 is 1.97 bits per heavy atom. The Morgan fingerprint density at radius 3 is 2.72 bits per heavy atom. The molecule has 0 aliphatic carbocycles. The van der Waals surface area contributed by atoms with Gasteiger partial charge in [0.1, 0.15) is 5.76 Å². The minimum absolute atomic E-state index is 0.01000. The molecule has 4 nitrogen and oxygen atoms in total. The number of benzene rings is 2. The third kappa shape index (κ3) is 4.11. The van der Waals surface area contributed by atoms with Crippen molar-refractivity contribution in [3.8, 4) is 0 Å². The van der Waals surface area contributed by atoms with E-state index in [-0.39, 0.29) is 11.8 Å². The largest absolute Gasteiger partial charge is 0.467 e. The van der Waals surface area contributed by atoms with Crippen LogP contribution >= 0.6 is 0 Å². The molecule has 2 aromatic heterocycles. The average Bonchev–Trinajstić information content (AvgIpc) is 3.38. The summed E-state index contributed by atoms with van der Waals surface area (Å²) in [7, 11) is 0. The SMILES string of the molecule is CCn1cc(C(CC(=O)NCc2ccco2)c2cccc(C)c2)c2ccccc21. The number of rotatable bonds is 7. The van der Waals surface area contributed by atoms with Crippen molar-refractivity contribution in [3.05, 3.63) is 95.6 Å². The molecule has 0 radical (unpaired) electrons. The van der Waals surface area contributed by atoms with Crippen LogP contribution in [0.1, 0.15) is 41.7 Å². The van der Waals surface area contributed by atoms with Crippen molar-refractivity contribution < 1.29 is 9.21 Å². The molecule has 1 unspecified atom stereocenters. The number of nitrogens with zero attached hydrogens (tertiary/aromatic N) is 1. The van der Waals surface area contributed by atoms with Crippen molar-refractivity contribution in [1.29, 1.82) is 0 Å². The number of carbonyl (C=O) groups is 1. The van der Waals surface area contributed by atoms with Crippen LogP contribution in [0.3, 0.4) is 0 Å². The normalized spacial score (nSPS) is 12.2. The van der Waals surface area contributed by atoms with Crippen molar-refractivity contribution in [2.24, 2.45) is 0 Å². The van der Waals surface area contributed by atoms with Gasteiger partial charge in [-0.15, -0.1) is 0 Å². The van der Waals surface area contributed by atoms with E-state index in [1.807, 2.05) is 12.1 Å². The monoisotopic (exact) mass is 386 g/mol. The molecule has 1 N–H and O–H groups in total. The second-order valence-corrected chi connectivity index (χ2v) is 7.41. The number of furan rings is 1. The average molecular weight is 386 g/mol. The van der Waals surface area contributed by atoms with Crippen LogP contribution in [0.25, 0.3) is 10.9 Å². The van der Waals surface area contributed by atoms with E-state index in [1.165, 1.54) is 22.0 Å². The van der Waals surface area contributed by atoms with Gasteiger partial charge >= 0.3 is 0 Å². The van der Waals surface area contributed by atoms with E-state index in [2.05, 4.69) is 78.5 Å². The van der Waals surface area contributed by atoms with Gasteiger partial charge in [0.15, 0.2) is 0 Å². The van der Waals surface area contributed by atoms with Crippen LogP contribution in [-0.4, -0.2) is 10.5 Å². The molecule has 0 aliphatic heterocycles. The molecule has 0 saturated carbocycles. The van der Waals surface area contributed by atoms with E-state index in [9.17, 15) is 4.79 Å². The van der Waals surface area contributed by atoms with Gasteiger partial charge < -0.3 is 14.3 Å². The molecule has 4 heteroatoms. The standard InChI is InChI=1S/C25H26N2O2/c1-3-27-17-23(21-11-4-5-12-24(21)27)22(19-9-6-8-18(2)14-19)15-25(28)26-16-20-10-7-13-29-20/h4-14,17,22H,3,15-16H2,1-2H3,(H,26,28). The highest BCUT2D eigenvalue weighted by molar-refractivity contribution is 5.86. The highest BCUT2D eigenvalue weighted by Gasteiger charge is 2.22. The maximum absolute atomic E-state index is 12.8.